The minimum atomic E-state index is -0.450. The number of hydrogen-bond donors (Lipinski definition) is 2. The first-order chi connectivity index (χ1) is 7.13. The first-order valence-electron chi connectivity index (χ1n) is 4.87. The molecule has 1 aromatic rings. The van der Waals surface area contributed by atoms with Crippen molar-refractivity contribution in [3.05, 3.63) is 28.2 Å². The molecule has 0 aromatic heterocycles. The topological polar surface area (TPSA) is 41.5 Å². The van der Waals surface area contributed by atoms with Gasteiger partial charge in [0.1, 0.15) is 12.4 Å². The molecule has 0 amide bonds. The molecule has 15 heavy (non-hydrogen) atoms. The molecule has 0 saturated heterocycles. The van der Waals surface area contributed by atoms with Crippen molar-refractivity contribution >= 4 is 15.9 Å². The quantitative estimate of drug-likeness (QED) is 0.862. The van der Waals surface area contributed by atoms with Crippen molar-refractivity contribution in [3.8, 4) is 5.75 Å². The lowest BCUT2D eigenvalue weighted by molar-refractivity contribution is 0.122. The number of aliphatic hydroxyl groups is 1. The third-order valence-corrected chi connectivity index (χ3v) is 2.48. The number of halogens is 1. The van der Waals surface area contributed by atoms with Crippen molar-refractivity contribution < 1.29 is 9.84 Å². The molecule has 0 fully saturated rings. The molecule has 1 atom stereocenters. The summed E-state index contributed by atoms with van der Waals surface area (Å²) in [5.41, 5.74) is 1.19. The summed E-state index contributed by atoms with van der Waals surface area (Å²) in [5.74, 6) is 0.760. The number of ether oxygens (including phenoxy) is 1. The fourth-order valence-electron chi connectivity index (χ4n) is 1.19. The lowest BCUT2D eigenvalue weighted by Crippen LogP contribution is -2.13. The fourth-order valence-corrected chi connectivity index (χ4v) is 1.73. The van der Waals surface area contributed by atoms with Crippen LogP contribution in [0.4, 0.5) is 0 Å². The molecule has 3 nitrogen and oxygen atoms in total. The van der Waals surface area contributed by atoms with Gasteiger partial charge in [0.15, 0.2) is 0 Å². The van der Waals surface area contributed by atoms with Gasteiger partial charge in [0.05, 0.1) is 10.6 Å². The molecule has 84 valence electrons. The Morgan fingerprint density at radius 1 is 1.53 bits per heavy atom. The van der Waals surface area contributed by atoms with E-state index in [0.29, 0.717) is 6.61 Å². The Morgan fingerprint density at radius 3 is 2.80 bits per heavy atom. The van der Waals surface area contributed by atoms with E-state index in [9.17, 15) is 0 Å². The van der Waals surface area contributed by atoms with E-state index in [1.165, 1.54) is 5.56 Å². The van der Waals surface area contributed by atoms with Gasteiger partial charge >= 0.3 is 0 Å². The predicted molar refractivity (Wildman–Crippen MR) is 64.1 cm³/mol. The Labute approximate surface area is 98.6 Å². The Balaban J connectivity index is 2.66. The number of aliphatic hydroxyl groups excluding tert-OH is 1. The summed E-state index contributed by atoms with van der Waals surface area (Å²) in [6.07, 6.45) is -0.450. The molecule has 0 bridgehead atoms. The Morgan fingerprint density at radius 2 is 2.27 bits per heavy atom. The van der Waals surface area contributed by atoms with Crippen LogP contribution in [-0.2, 0) is 6.54 Å². The highest BCUT2D eigenvalue weighted by Crippen LogP contribution is 2.26. The summed E-state index contributed by atoms with van der Waals surface area (Å²) in [4.78, 5) is 0. The average molecular weight is 274 g/mol. The van der Waals surface area contributed by atoms with Gasteiger partial charge in [-0.15, -0.1) is 0 Å². The zero-order valence-corrected chi connectivity index (χ0v) is 10.5. The molecular weight excluding hydrogens is 258 g/mol. The minimum absolute atomic E-state index is 0.309. The van der Waals surface area contributed by atoms with Crippen LogP contribution < -0.4 is 10.1 Å². The molecule has 1 rings (SSSR count). The van der Waals surface area contributed by atoms with E-state index >= 15 is 0 Å². The largest absolute Gasteiger partial charge is 0.490 e. The van der Waals surface area contributed by atoms with Crippen LogP contribution in [0, 0.1) is 0 Å². The lowest BCUT2D eigenvalue weighted by atomic mass is 10.2. The van der Waals surface area contributed by atoms with E-state index in [2.05, 4.69) is 21.2 Å². The van der Waals surface area contributed by atoms with Crippen molar-refractivity contribution in [2.24, 2.45) is 0 Å². The van der Waals surface area contributed by atoms with E-state index in [4.69, 9.17) is 9.84 Å². The summed E-state index contributed by atoms with van der Waals surface area (Å²) in [6.45, 7) is 2.84. The minimum Gasteiger partial charge on any atom is -0.490 e. The SMILES string of the molecule is CNCc1ccc(OCC(C)O)c(Br)c1. The second-order valence-corrected chi connectivity index (χ2v) is 4.31. The van der Waals surface area contributed by atoms with Crippen molar-refractivity contribution in [2.75, 3.05) is 13.7 Å². The van der Waals surface area contributed by atoms with Crippen molar-refractivity contribution in [2.45, 2.75) is 19.6 Å². The summed E-state index contributed by atoms with van der Waals surface area (Å²) in [5, 5.41) is 12.2. The predicted octanol–water partition coefficient (Wildman–Crippen LogP) is 1.93. The molecule has 0 aliphatic carbocycles. The van der Waals surface area contributed by atoms with Crippen LogP contribution in [0.25, 0.3) is 0 Å². The number of rotatable bonds is 5. The maximum atomic E-state index is 9.09. The first kappa shape index (κ1) is 12.5. The maximum Gasteiger partial charge on any atom is 0.133 e. The molecule has 0 saturated carbocycles. The zero-order chi connectivity index (χ0) is 11.3. The molecule has 0 aliphatic heterocycles. The standard InChI is InChI=1S/C11H16BrNO2/c1-8(14)7-15-11-4-3-9(6-13-2)5-10(11)12/h3-5,8,13-14H,6-7H2,1-2H3. The molecule has 0 radical (unpaired) electrons. The number of benzene rings is 1. The maximum absolute atomic E-state index is 9.09. The first-order valence-corrected chi connectivity index (χ1v) is 5.66. The van der Waals surface area contributed by atoms with Crippen LogP contribution in [0.1, 0.15) is 12.5 Å². The van der Waals surface area contributed by atoms with Crippen LogP contribution in [-0.4, -0.2) is 24.9 Å². The van der Waals surface area contributed by atoms with Crippen LogP contribution in [0.3, 0.4) is 0 Å². The second-order valence-electron chi connectivity index (χ2n) is 3.46. The summed E-state index contributed by atoms with van der Waals surface area (Å²) in [6, 6.07) is 5.91. The summed E-state index contributed by atoms with van der Waals surface area (Å²) in [7, 11) is 1.91. The third kappa shape index (κ3) is 4.20. The highest BCUT2D eigenvalue weighted by atomic mass is 79.9. The lowest BCUT2D eigenvalue weighted by Gasteiger charge is -2.10. The van der Waals surface area contributed by atoms with Crippen molar-refractivity contribution in [1.29, 1.82) is 0 Å². The Hall–Kier alpha value is -0.580. The van der Waals surface area contributed by atoms with Crippen LogP contribution in [0.2, 0.25) is 0 Å². The van der Waals surface area contributed by atoms with Gasteiger partial charge in [0.25, 0.3) is 0 Å². The highest BCUT2D eigenvalue weighted by Gasteiger charge is 2.03. The molecule has 0 spiro atoms. The van der Waals surface area contributed by atoms with Crippen LogP contribution in [0.5, 0.6) is 5.75 Å². The van der Waals surface area contributed by atoms with Gasteiger partial charge in [-0.1, -0.05) is 6.07 Å². The molecule has 0 heterocycles. The Kier molecular flexibility index (Phi) is 5.08. The smallest absolute Gasteiger partial charge is 0.133 e. The van der Waals surface area contributed by atoms with E-state index in [-0.39, 0.29) is 0 Å². The molecular formula is C11H16BrNO2. The van der Waals surface area contributed by atoms with Gasteiger partial charge in [0.2, 0.25) is 0 Å². The van der Waals surface area contributed by atoms with Gasteiger partial charge in [-0.2, -0.15) is 0 Å². The molecule has 1 aromatic carbocycles. The van der Waals surface area contributed by atoms with Crippen LogP contribution >= 0.6 is 15.9 Å². The monoisotopic (exact) mass is 273 g/mol. The van der Waals surface area contributed by atoms with Gasteiger partial charge in [-0.05, 0) is 47.6 Å². The second kappa shape index (κ2) is 6.10. The van der Waals surface area contributed by atoms with E-state index in [0.717, 1.165) is 16.8 Å². The molecule has 1 unspecified atom stereocenters. The van der Waals surface area contributed by atoms with E-state index in [1.807, 2.05) is 25.2 Å². The van der Waals surface area contributed by atoms with Crippen molar-refractivity contribution in [3.63, 3.8) is 0 Å². The number of nitrogens with one attached hydrogen (secondary N) is 1. The van der Waals surface area contributed by atoms with Crippen LogP contribution in [0.15, 0.2) is 22.7 Å². The average Bonchev–Trinajstić information content (AvgIpc) is 2.17. The molecule has 0 aliphatic rings. The van der Waals surface area contributed by atoms with E-state index in [1.54, 1.807) is 6.92 Å². The summed E-state index contributed by atoms with van der Waals surface area (Å²) < 4.78 is 6.33. The Bertz CT molecular complexity index is 315. The summed E-state index contributed by atoms with van der Waals surface area (Å²) >= 11 is 3.43. The zero-order valence-electron chi connectivity index (χ0n) is 8.96. The number of hydrogen-bond acceptors (Lipinski definition) is 3. The highest BCUT2D eigenvalue weighted by molar-refractivity contribution is 9.10. The van der Waals surface area contributed by atoms with Crippen molar-refractivity contribution in [1.82, 2.24) is 5.32 Å². The third-order valence-electron chi connectivity index (χ3n) is 1.86. The van der Waals surface area contributed by atoms with Gasteiger partial charge in [0, 0.05) is 6.54 Å². The normalized spacial score (nSPS) is 12.5. The van der Waals surface area contributed by atoms with Gasteiger partial charge in [-0.25, -0.2) is 0 Å². The molecule has 2 N–H and O–H groups in total. The molecule has 4 heteroatoms. The fraction of sp³-hybridized carbons (Fsp3) is 0.455. The van der Waals surface area contributed by atoms with Gasteiger partial charge < -0.3 is 15.2 Å². The van der Waals surface area contributed by atoms with Gasteiger partial charge in [-0.3, -0.25) is 0 Å². The van der Waals surface area contributed by atoms with E-state index < -0.39 is 6.10 Å².